The first-order valence-electron chi connectivity index (χ1n) is 7.92. The molecule has 6 nitrogen and oxygen atoms in total. The Kier molecular flexibility index (Phi) is 5.04. The van der Waals surface area contributed by atoms with Crippen LogP contribution in [0.2, 0.25) is 0 Å². The van der Waals surface area contributed by atoms with Crippen molar-refractivity contribution in [2.24, 2.45) is 0 Å². The number of para-hydroxylation sites is 1. The molecule has 3 aromatic rings. The fourth-order valence-electron chi connectivity index (χ4n) is 2.55. The molecule has 3 rings (SSSR count). The summed E-state index contributed by atoms with van der Waals surface area (Å²) >= 11 is 5.24. The van der Waals surface area contributed by atoms with Crippen LogP contribution in [0.4, 0.5) is 0 Å². The number of fused-ring (bicyclic) bond motifs is 1. The summed E-state index contributed by atoms with van der Waals surface area (Å²) < 4.78 is 1.55. The van der Waals surface area contributed by atoms with Crippen molar-refractivity contribution >= 4 is 29.0 Å². The lowest BCUT2D eigenvalue weighted by molar-refractivity contribution is -0.130. The topological polar surface area (TPSA) is 71.0 Å². The number of H-pyrrole nitrogens is 1. The van der Waals surface area contributed by atoms with Crippen LogP contribution < -0.4 is 5.56 Å². The van der Waals surface area contributed by atoms with Crippen LogP contribution in [0, 0.1) is 4.77 Å². The van der Waals surface area contributed by atoms with E-state index in [9.17, 15) is 9.59 Å². The van der Waals surface area contributed by atoms with E-state index in [0.717, 1.165) is 5.69 Å². The highest BCUT2D eigenvalue weighted by Crippen LogP contribution is 2.06. The van der Waals surface area contributed by atoms with Gasteiger partial charge < -0.3 is 9.88 Å². The SMILES string of the molecule is CN(CCc1ccccn1)C(=O)Cn1c(=S)[nH]c2ccccc2c1=O. The first-order chi connectivity index (χ1) is 12.1. The molecule has 0 spiro atoms. The van der Waals surface area contributed by atoms with Crippen LogP contribution in [0.15, 0.2) is 53.5 Å². The summed E-state index contributed by atoms with van der Waals surface area (Å²) in [5.41, 5.74) is 1.33. The van der Waals surface area contributed by atoms with Crippen molar-refractivity contribution in [2.75, 3.05) is 13.6 Å². The maximum atomic E-state index is 12.6. The minimum atomic E-state index is -0.258. The van der Waals surface area contributed by atoms with E-state index >= 15 is 0 Å². The predicted octanol–water partition coefficient (Wildman–Crippen LogP) is 2.16. The quantitative estimate of drug-likeness (QED) is 0.713. The van der Waals surface area contributed by atoms with Crippen LogP contribution >= 0.6 is 12.2 Å². The molecule has 0 saturated heterocycles. The largest absolute Gasteiger partial charge is 0.344 e. The average molecular weight is 354 g/mol. The van der Waals surface area contributed by atoms with Crippen LogP contribution in [0.3, 0.4) is 0 Å². The summed E-state index contributed by atoms with van der Waals surface area (Å²) in [5, 5.41) is 0.514. The molecule has 0 saturated carbocycles. The lowest BCUT2D eigenvalue weighted by Gasteiger charge is -2.18. The van der Waals surface area contributed by atoms with Gasteiger partial charge in [0.25, 0.3) is 5.56 Å². The molecule has 0 radical (unpaired) electrons. The standard InChI is InChI=1S/C18H18N4O2S/c1-21(11-9-13-6-4-5-10-19-13)16(23)12-22-17(24)14-7-2-3-8-15(14)20-18(22)25/h2-8,10H,9,11-12H2,1H3,(H,20,25). The van der Waals surface area contributed by atoms with Crippen LogP contribution in [0.5, 0.6) is 0 Å². The Morgan fingerprint density at radius 1 is 1.24 bits per heavy atom. The number of carbonyl (C=O) groups excluding carboxylic acids is 1. The summed E-state index contributed by atoms with van der Waals surface area (Å²) in [6.07, 6.45) is 2.38. The lowest BCUT2D eigenvalue weighted by atomic mass is 10.2. The Balaban J connectivity index is 1.75. The van der Waals surface area contributed by atoms with Gasteiger partial charge in [0.2, 0.25) is 5.91 Å². The number of rotatable bonds is 5. The second kappa shape index (κ2) is 7.40. The van der Waals surface area contributed by atoms with E-state index in [0.29, 0.717) is 23.9 Å². The molecule has 0 aliphatic carbocycles. The fraction of sp³-hybridized carbons (Fsp3) is 0.222. The van der Waals surface area contributed by atoms with Crippen molar-refractivity contribution in [1.29, 1.82) is 0 Å². The molecule has 1 amide bonds. The molecule has 0 aliphatic rings. The van der Waals surface area contributed by atoms with Gasteiger partial charge in [-0.1, -0.05) is 18.2 Å². The van der Waals surface area contributed by atoms with E-state index in [1.807, 2.05) is 24.3 Å². The Hall–Kier alpha value is -2.80. The Bertz CT molecular complexity index is 1010. The molecule has 1 N–H and O–H groups in total. The highest BCUT2D eigenvalue weighted by atomic mass is 32.1. The van der Waals surface area contributed by atoms with Gasteiger partial charge in [0.1, 0.15) is 6.54 Å². The monoisotopic (exact) mass is 354 g/mol. The van der Waals surface area contributed by atoms with Gasteiger partial charge in [0, 0.05) is 31.9 Å². The molecule has 0 atom stereocenters. The molecule has 1 aromatic carbocycles. The summed E-state index contributed by atoms with van der Waals surface area (Å²) in [4.78, 5) is 33.9. The molecule has 7 heteroatoms. The molecule has 25 heavy (non-hydrogen) atoms. The van der Waals surface area contributed by atoms with Crippen molar-refractivity contribution < 1.29 is 4.79 Å². The smallest absolute Gasteiger partial charge is 0.262 e. The van der Waals surface area contributed by atoms with Crippen molar-refractivity contribution in [3.63, 3.8) is 0 Å². The van der Waals surface area contributed by atoms with E-state index in [1.54, 1.807) is 36.3 Å². The van der Waals surface area contributed by atoms with Gasteiger partial charge in [-0.3, -0.25) is 19.1 Å². The van der Waals surface area contributed by atoms with Crippen molar-refractivity contribution in [3.8, 4) is 0 Å². The van der Waals surface area contributed by atoms with Gasteiger partial charge in [-0.2, -0.15) is 0 Å². The number of aromatic amines is 1. The zero-order valence-electron chi connectivity index (χ0n) is 13.8. The first kappa shape index (κ1) is 17.0. The number of hydrogen-bond acceptors (Lipinski definition) is 4. The summed E-state index contributed by atoms with van der Waals surface area (Å²) in [5.74, 6) is -0.173. The second-order valence-corrected chi connectivity index (χ2v) is 6.14. The van der Waals surface area contributed by atoms with Gasteiger partial charge in [0.05, 0.1) is 10.9 Å². The number of aromatic nitrogens is 3. The van der Waals surface area contributed by atoms with Gasteiger partial charge in [-0.05, 0) is 36.5 Å². The maximum Gasteiger partial charge on any atom is 0.262 e. The number of carbonyl (C=O) groups is 1. The van der Waals surface area contributed by atoms with Crippen LogP contribution in [0.1, 0.15) is 5.69 Å². The van der Waals surface area contributed by atoms with Gasteiger partial charge in [-0.25, -0.2) is 0 Å². The number of nitrogens with one attached hydrogen (secondary N) is 1. The number of nitrogens with zero attached hydrogens (tertiary/aromatic N) is 3. The minimum absolute atomic E-state index is 0.0856. The number of likely N-dealkylation sites (N-methyl/N-ethyl adjacent to an activating group) is 1. The normalized spacial score (nSPS) is 10.8. The van der Waals surface area contributed by atoms with Crippen molar-refractivity contribution in [1.82, 2.24) is 19.4 Å². The third-order valence-electron chi connectivity index (χ3n) is 4.04. The van der Waals surface area contributed by atoms with Crippen LogP contribution in [0.25, 0.3) is 10.9 Å². The van der Waals surface area contributed by atoms with E-state index in [1.165, 1.54) is 4.57 Å². The Morgan fingerprint density at radius 3 is 2.76 bits per heavy atom. The number of amides is 1. The molecule has 128 valence electrons. The highest BCUT2D eigenvalue weighted by Gasteiger charge is 2.13. The summed E-state index contributed by atoms with van der Waals surface area (Å²) in [6, 6.07) is 12.8. The van der Waals surface area contributed by atoms with E-state index in [2.05, 4.69) is 9.97 Å². The maximum absolute atomic E-state index is 12.6. The summed E-state index contributed by atoms with van der Waals surface area (Å²) in [6.45, 7) is 0.437. The number of hydrogen-bond donors (Lipinski definition) is 1. The van der Waals surface area contributed by atoms with Crippen molar-refractivity contribution in [3.05, 3.63) is 69.5 Å². The van der Waals surface area contributed by atoms with Gasteiger partial charge >= 0.3 is 0 Å². The Labute approximate surface area is 149 Å². The van der Waals surface area contributed by atoms with Crippen LogP contribution in [-0.2, 0) is 17.8 Å². The molecule has 0 aliphatic heterocycles. The summed E-state index contributed by atoms with van der Waals surface area (Å²) in [7, 11) is 1.71. The lowest BCUT2D eigenvalue weighted by Crippen LogP contribution is -2.35. The van der Waals surface area contributed by atoms with E-state index < -0.39 is 0 Å². The zero-order valence-corrected chi connectivity index (χ0v) is 14.6. The van der Waals surface area contributed by atoms with Gasteiger partial charge in [0.15, 0.2) is 4.77 Å². The molecule has 0 bridgehead atoms. The second-order valence-electron chi connectivity index (χ2n) is 5.75. The van der Waals surface area contributed by atoms with Crippen LogP contribution in [-0.4, -0.2) is 38.9 Å². The molecular formula is C18H18N4O2S. The molecule has 2 aromatic heterocycles. The van der Waals surface area contributed by atoms with E-state index in [4.69, 9.17) is 12.2 Å². The Morgan fingerprint density at radius 2 is 2.00 bits per heavy atom. The predicted molar refractivity (Wildman–Crippen MR) is 99.0 cm³/mol. The fourth-order valence-corrected chi connectivity index (χ4v) is 2.81. The zero-order chi connectivity index (χ0) is 17.8. The number of benzene rings is 1. The number of pyridine rings is 1. The molecular weight excluding hydrogens is 336 g/mol. The third-order valence-corrected chi connectivity index (χ3v) is 4.36. The highest BCUT2D eigenvalue weighted by molar-refractivity contribution is 7.71. The molecule has 0 fully saturated rings. The first-order valence-corrected chi connectivity index (χ1v) is 8.33. The molecule has 2 heterocycles. The third kappa shape index (κ3) is 3.83. The van der Waals surface area contributed by atoms with Gasteiger partial charge in [-0.15, -0.1) is 0 Å². The van der Waals surface area contributed by atoms with Crippen molar-refractivity contribution in [2.45, 2.75) is 13.0 Å². The van der Waals surface area contributed by atoms with E-state index in [-0.39, 0.29) is 22.8 Å². The average Bonchev–Trinajstić information content (AvgIpc) is 2.63. The molecule has 0 unspecified atom stereocenters. The minimum Gasteiger partial charge on any atom is -0.344 e.